The molecule has 3 aromatic rings. The number of nitrogens with zero attached hydrogens (tertiary/aromatic N) is 4. The molecule has 0 spiro atoms. The molecule has 0 saturated carbocycles. The van der Waals surface area contributed by atoms with Gasteiger partial charge in [-0.05, 0) is 31.9 Å². The van der Waals surface area contributed by atoms with Crippen molar-refractivity contribution in [2.45, 2.75) is 44.0 Å². The van der Waals surface area contributed by atoms with E-state index in [4.69, 9.17) is 4.52 Å². The summed E-state index contributed by atoms with van der Waals surface area (Å²) < 4.78 is 43.4. The van der Waals surface area contributed by atoms with Gasteiger partial charge in [0.05, 0.1) is 5.56 Å². The molecular weight excluding hydrogens is 425 g/mol. The van der Waals surface area contributed by atoms with E-state index in [0.29, 0.717) is 29.8 Å². The number of aliphatic hydroxyl groups excluding tert-OH is 1. The van der Waals surface area contributed by atoms with Gasteiger partial charge in [0.25, 0.3) is 5.91 Å². The highest BCUT2D eigenvalue weighted by Gasteiger charge is 2.42. The molecule has 1 aromatic carbocycles. The number of alkyl halides is 3. The van der Waals surface area contributed by atoms with Gasteiger partial charge in [0.1, 0.15) is 11.5 Å². The number of aromatic nitrogens is 3. The summed E-state index contributed by atoms with van der Waals surface area (Å²) in [5, 5.41) is 12.8. The summed E-state index contributed by atoms with van der Waals surface area (Å²) in [7, 11) is 0. The smallest absolute Gasteiger partial charge is 0.378 e. The van der Waals surface area contributed by atoms with E-state index in [-0.39, 0.29) is 30.2 Å². The zero-order valence-corrected chi connectivity index (χ0v) is 17.2. The molecule has 1 saturated heterocycles. The number of likely N-dealkylation sites (tertiary alicyclic amines) is 1. The van der Waals surface area contributed by atoms with E-state index in [1.165, 1.54) is 0 Å². The van der Waals surface area contributed by atoms with Gasteiger partial charge >= 0.3 is 6.18 Å². The van der Waals surface area contributed by atoms with E-state index in [2.05, 4.69) is 15.1 Å². The Balaban J connectivity index is 1.58. The first kappa shape index (κ1) is 21.9. The summed E-state index contributed by atoms with van der Waals surface area (Å²) in [6.07, 6.45) is -3.10. The minimum Gasteiger partial charge on any atom is -0.378 e. The predicted molar refractivity (Wildman–Crippen MR) is 107 cm³/mol. The summed E-state index contributed by atoms with van der Waals surface area (Å²) in [5.41, 5.74) is 0.454. The zero-order valence-electron chi connectivity index (χ0n) is 17.2. The molecule has 0 bridgehead atoms. The van der Waals surface area contributed by atoms with Gasteiger partial charge < -0.3 is 14.5 Å². The average molecular weight is 446 g/mol. The van der Waals surface area contributed by atoms with Gasteiger partial charge in [-0.1, -0.05) is 23.4 Å². The molecule has 32 heavy (non-hydrogen) atoms. The first-order valence-corrected chi connectivity index (χ1v) is 10.1. The van der Waals surface area contributed by atoms with E-state index >= 15 is 0 Å². The maximum absolute atomic E-state index is 13.5. The Hall–Kier alpha value is -3.27. The highest BCUT2D eigenvalue weighted by Crippen LogP contribution is 2.36. The second kappa shape index (κ2) is 8.70. The molecule has 2 aromatic heterocycles. The molecule has 4 rings (SSSR count). The lowest BCUT2D eigenvalue weighted by molar-refractivity contribution is -0.208. The fourth-order valence-electron chi connectivity index (χ4n) is 3.87. The van der Waals surface area contributed by atoms with Crippen LogP contribution in [-0.2, 0) is 0 Å². The van der Waals surface area contributed by atoms with E-state index in [1.807, 2.05) is 6.92 Å². The summed E-state index contributed by atoms with van der Waals surface area (Å²) in [6.45, 7) is 2.18. The summed E-state index contributed by atoms with van der Waals surface area (Å²) in [6, 6.07) is 9.76. The molecule has 0 radical (unpaired) electrons. The molecule has 3 atom stereocenters. The van der Waals surface area contributed by atoms with Gasteiger partial charge in [-0.3, -0.25) is 4.79 Å². The van der Waals surface area contributed by atoms with Crippen molar-refractivity contribution >= 4 is 5.91 Å². The van der Waals surface area contributed by atoms with Gasteiger partial charge in [-0.15, -0.1) is 0 Å². The van der Waals surface area contributed by atoms with Crippen LogP contribution in [0, 0.1) is 0 Å². The number of piperidine rings is 1. The normalized spacial score (nSPS) is 20.2. The standard InChI is InChI=1S/C22H21F3N4O3/c1-13-7-8-14(18-11-17(28-32-18)19(30)22(23,24)25)12-29(13)21(31)16-6-3-2-5-15(16)20-26-9-4-10-27-20/h2-6,9-11,13-14,19,30H,7-8,12H2,1H3/t13-,14-,19?/m1/s1. The van der Waals surface area contributed by atoms with E-state index in [0.717, 1.165) is 6.07 Å². The highest BCUT2D eigenvalue weighted by atomic mass is 19.4. The number of carbonyl (C=O) groups excluding carboxylic acids is 1. The molecule has 1 aliphatic rings. The minimum atomic E-state index is -4.83. The molecule has 1 unspecified atom stereocenters. The topological polar surface area (TPSA) is 92.4 Å². The second-order valence-electron chi connectivity index (χ2n) is 7.80. The van der Waals surface area contributed by atoms with Crippen LogP contribution in [0.4, 0.5) is 13.2 Å². The number of halogens is 3. The van der Waals surface area contributed by atoms with Gasteiger partial charge in [-0.25, -0.2) is 9.97 Å². The number of hydrogen-bond acceptors (Lipinski definition) is 6. The van der Waals surface area contributed by atoms with Crippen LogP contribution in [0.2, 0.25) is 0 Å². The Morgan fingerprint density at radius 1 is 1.19 bits per heavy atom. The van der Waals surface area contributed by atoms with Gasteiger partial charge in [-0.2, -0.15) is 13.2 Å². The Morgan fingerprint density at radius 2 is 1.91 bits per heavy atom. The number of amides is 1. The summed E-state index contributed by atoms with van der Waals surface area (Å²) in [5.74, 6) is 0.0867. The lowest BCUT2D eigenvalue weighted by Crippen LogP contribution is -2.45. The Morgan fingerprint density at radius 3 is 2.62 bits per heavy atom. The zero-order chi connectivity index (χ0) is 22.9. The Labute approximate surface area is 181 Å². The van der Waals surface area contributed by atoms with Crippen LogP contribution in [0.3, 0.4) is 0 Å². The van der Waals surface area contributed by atoms with E-state index in [9.17, 15) is 23.1 Å². The average Bonchev–Trinajstić information content (AvgIpc) is 3.28. The van der Waals surface area contributed by atoms with Gasteiger partial charge in [0.2, 0.25) is 0 Å². The fraction of sp³-hybridized carbons (Fsp3) is 0.364. The monoisotopic (exact) mass is 446 g/mol. The molecule has 10 heteroatoms. The van der Waals surface area contributed by atoms with Crippen LogP contribution < -0.4 is 0 Å². The number of rotatable bonds is 4. The maximum atomic E-state index is 13.5. The molecule has 1 fully saturated rings. The fourth-order valence-corrected chi connectivity index (χ4v) is 3.87. The van der Waals surface area contributed by atoms with Gasteiger partial charge in [0, 0.05) is 42.5 Å². The molecule has 7 nitrogen and oxygen atoms in total. The SMILES string of the molecule is C[C@@H]1CC[C@@H](c2cc(C(O)C(F)(F)F)no2)CN1C(=O)c1ccccc1-c1ncccn1. The molecule has 3 heterocycles. The molecule has 0 aliphatic carbocycles. The van der Waals surface area contributed by atoms with Crippen LogP contribution in [-0.4, -0.2) is 49.8 Å². The Bertz CT molecular complexity index is 1090. The van der Waals surface area contributed by atoms with Crippen molar-refractivity contribution in [3.8, 4) is 11.4 Å². The van der Waals surface area contributed by atoms with Crippen LogP contribution in [0.5, 0.6) is 0 Å². The van der Waals surface area contributed by atoms with Crippen LogP contribution in [0.15, 0.2) is 53.3 Å². The van der Waals surface area contributed by atoms with Crippen molar-refractivity contribution in [3.63, 3.8) is 0 Å². The first-order valence-electron chi connectivity index (χ1n) is 10.1. The third-order valence-electron chi connectivity index (χ3n) is 5.65. The molecule has 168 valence electrons. The lowest BCUT2D eigenvalue weighted by atomic mass is 9.90. The second-order valence-corrected chi connectivity index (χ2v) is 7.80. The van der Waals surface area contributed by atoms with E-state index in [1.54, 1.807) is 47.6 Å². The first-order chi connectivity index (χ1) is 15.3. The molecule has 1 aliphatic heterocycles. The van der Waals surface area contributed by atoms with Crippen molar-refractivity contribution in [1.29, 1.82) is 0 Å². The van der Waals surface area contributed by atoms with Crippen molar-refractivity contribution in [2.24, 2.45) is 0 Å². The maximum Gasteiger partial charge on any atom is 0.420 e. The predicted octanol–water partition coefficient (Wildman–Crippen LogP) is 4.14. The minimum absolute atomic E-state index is 0.0772. The number of aliphatic hydroxyl groups is 1. The quantitative estimate of drug-likeness (QED) is 0.648. The molecule has 1 amide bonds. The van der Waals surface area contributed by atoms with Crippen molar-refractivity contribution in [2.75, 3.05) is 6.54 Å². The summed E-state index contributed by atoms with van der Waals surface area (Å²) in [4.78, 5) is 23.6. The third-order valence-corrected chi connectivity index (χ3v) is 5.65. The van der Waals surface area contributed by atoms with Crippen LogP contribution in [0.25, 0.3) is 11.4 Å². The summed E-state index contributed by atoms with van der Waals surface area (Å²) >= 11 is 0. The lowest BCUT2D eigenvalue weighted by Gasteiger charge is -2.37. The molecule has 1 N–H and O–H groups in total. The van der Waals surface area contributed by atoms with Crippen molar-refractivity contribution in [3.05, 3.63) is 65.8 Å². The van der Waals surface area contributed by atoms with Gasteiger partial charge in [0.15, 0.2) is 11.9 Å². The van der Waals surface area contributed by atoms with Crippen LogP contribution >= 0.6 is 0 Å². The number of hydrogen-bond donors (Lipinski definition) is 1. The van der Waals surface area contributed by atoms with Crippen LogP contribution in [0.1, 0.15) is 53.6 Å². The molecular formula is C22H21F3N4O3. The number of benzene rings is 1. The number of carbonyl (C=O) groups is 1. The highest BCUT2D eigenvalue weighted by molar-refractivity contribution is 6.00. The third kappa shape index (κ3) is 4.36. The van der Waals surface area contributed by atoms with Crippen molar-refractivity contribution in [1.82, 2.24) is 20.0 Å². The van der Waals surface area contributed by atoms with Crippen molar-refractivity contribution < 1.29 is 27.6 Å². The van der Waals surface area contributed by atoms with E-state index < -0.39 is 18.0 Å². The Kier molecular flexibility index (Phi) is 5.96. The largest absolute Gasteiger partial charge is 0.420 e.